The Bertz CT molecular complexity index is 1070. The number of aliphatic hydroxyl groups is 1. The molecule has 0 fully saturated rings. The summed E-state index contributed by atoms with van der Waals surface area (Å²) in [5, 5.41) is 15.4. The van der Waals surface area contributed by atoms with Crippen molar-refractivity contribution in [2.45, 2.75) is 20.0 Å². The molecule has 3 N–H and O–H groups in total. The molecule has 1 amide bonds. The molecule has 0 saturated carbocycles. The van der Waals surface area contributed by atoms with Gasteiger partial charge in [0.2, 0.25) is 0 Å². The van der Waals surface area contributed by atoms with Crippen LogP contribution in [0.15, 0.2) is 61.6 Å². The second-order valence-electron chi connectivity index (χ2n) is 7.01. The molecular weight excluding hydrogens is 383 g/mol. The van der Waals surface area contributed by atoms with Gasteiger partial charge in [-0.05, 0) is 55.8 Å². The topological polar surface area (TPSA) is 87.1 Å². The van der Waals surface area contributed by atoms with Gasteiger partial charge in [-0.1, -0.05) is 6.58 Å². The summed E-state index contributed by atoms with van der Waals surface area (Å²) in [6.45, 7) is 7.59. The number of rotatable bonds is 7. The highest BCUT2D eigenvalue weighted by molar-refractivity contribution is 6.00. The molecule has 0 saturated heterocycles. The van der Waals surface area contributed by atoms with E-state index in [-0.39, 0.29) is 18.3 Å². The molecule has 3 rings (SSSR count). The van der Waals surface area contributed by atoms with Gasteiger partial charge in [0.1, 0.15) is 5.82 Å². The first kappa shape index (κ1) is 21.1. The molecule has 0 spiro atoms. The van der Waals surface area contributed by atoms with Gasteiger partial charge in [-0.15, -0.1) is 0 Å². The van der Waals surface area contributed by atoms with Crippen LogP contribution in [0.25, 0.3) is 16.8 Å². The number of halogens is 1. The molecule has 154 valence electrons. The van der Waals surface area contributed by atoms with E-state index in [2.05, 4.69) is 27.2 Å². The number of aliphatic hydroxyl groups excluding tert-OH is 1. The number of amides is 1. The van der Waals surface area contributed by atoms with Crippen molar-refractivity contribution >= 4 is 22.9 Å². The number of hydrogen-bond donors (Lipinski definition) is 3. The summed E-state index contributed by atoms with van der Waals surface area (Å²) < 4.78 is 13.3. The lowest BCUT2D eigenvalue weighted by atomic mass is 10.0. The zero-order valence-corrected chi connectivity index (χ0v) is 16.8. The van der Waals surface area contributed by atoms with Crippen LogP contribution in [0.2, 0.25) is 0 Å². The second-order valence-corrected chi connectivity index (χ2v) is 7.01. The van der Waals surface area contributed by atoms with Gasteiger partial charge in [-0.25, -0.2) is 4.39 Å². The summed E-state index contributed by atoms with van der Waals surface area (Å²) >= 11 is 0. The fourth-order valence-corrected chi connectivity index (χ4v) is 2.84. The molecule has 0 radical (unpaired) electrons. The minimum absolute atomic E-state index is 0.133. The SMILES string of the molecule is C=C(C)c1cnc(-c2ccc(F)cc2)cc1Nc1ccncc1C(=O)NC[C@H](C)O. The fourth-order valence-electron chi connectivity index (χ4n) is 2.84. The van der Waals surface area contributed by atoms with Crippen molar-refractivity contribution in [1.29, 1.82) is 0 Å². The van der Waals surface area contributed by atoms with Crippen LogP contribution in [-0.4, -0.2) is 33.6 Å². The highest BCUT2D eigenvalue weighted by Gasteiger charge is 2.15. The molecule has 0 aliphatic heterocycles. The standard InChI is InChI=1S/C23H23FN4O2/c1-14(2)18-13-26-21(16-4-6-17(24)7-5-16)10-22(18)28-20-8-9-25-12-19(20)23(30)27-11-15(3)29/h4-10,12-13,15,29H,1,11H2,2-3H3,(H,27,30)(H,25,26,28)/t15-/m0/s1. The first-order valence-corrected chi connectivity index (χ1v) is 9.44. The van der Waals surface area contributed by atoms with Crippen molar-refractivity contribution in [3.63, 3.8) is 0 Å². The number of anilines is 2. The maximum atomic E-state index is 13.3. The van der Waals surface area contributed by atoms with E-state index in [1.165, 1.54) is 18.3 Å². The number of pyridine rings is 2. The third-order valence-electron chi connectivity index (χ3n) is 4.40. The normalized spacial score (nSPS) is 11.6. The Morgan fingerprint density at radius 1 is 1.17 bits per heavy atom. The zero-order valence-electron chi connectivity index (χ0n) is 16.8. The Labute approximate surface area is 174 Å². The molecule has 0 aliphatic carbocycles. The smallest absolute Gasteiger partial charge is 0.255 e. The van der Waals surface area contributed by atoms with E-state index >= 15 is 0 Å². The molecule has 6 nitrogen and oxygen atoms in total. The summed E-state index contributed by atoms with van der Waals surface area (Å²) in [6, 6.07) is 9.59. The summed E-state index contributed by atoms with van der Waals surface area (Å²) in [4.78, 5) is 21.0. The Morgan fingerprint density at radius 2 is 1.90 bits per heavy atom. The average Bonchev–Trinajstić information content (AvgIpc) is 2.72. The number of carbonyl (C=O) groups is 1. The number of nitrogens with one attached hydrogen (secondary N) is 2. The van der Waals surface area contributed by atoms with Crippen molar-refractivity contribution in [1.82, 2.24) is 15.3 Å². The molecule has 1 aromatic carbocycles. The van der Waals surface area contributed by atoms with Gasteiger partial charge in [-0.2, -0.15) is 0 Å². The summed E-state index contributed by atoms with van der Waals surface area (Å²) in [7, 11) is 0. The fraction of sp³-hybridized carbons (Fsp3) is 0.174. The monoisotopic (exact) mass is 406 g/mol. The van der Waals surface area contributed by atoms with Crippen LogP contribution in [0.1, 0.15) is 29.8 Å². The minimum Gasteiger partial charge on any atom is -0.392 e. The number of aromatic nitrogens is 2. The Morgan fingerprint density at radius 3 is 2.57 bits per heavy atom. The number of benzene rings is 1. The van der Waals surface area contributed by atoms with Crippen LogP contribution in [0.5, 0.6) is 0 Å². The van der Waals surface area contributed by atoms with Crippen molar-refractivity contribution in [3.8, 4) is 11.3 Å². The van der Waals surface area contributed by atoms with E-state index in [1.54, 1.807) is 37.5 Å². The van der Waals surface area contributed by atoms with Crippen molar-refractivity contribution in [2.75, 3.05) is 11.9 Å². The summed E-state index contributed by atoms with van der Waals surface area (Å²) in [6.07, 6.45) is 4.08. The Balaban J connectivity index is 1.97. The molecule has 0 aliphatic rings. The lowest BCUT2D eigenvalue weighted by Gasteiger charge is -2.16. The Hall–Kier alpha value is -3.58. The Kier molecular flexibility index (Phi) is 6.54. The van der Waals surface area contributed by atoms with Crippen LogP contribution in [0.4, 0.5) is 15.8 Å². The van der Waals surface area contributed by atoms with E-state index in [1.807, 2.05) is 13.0 Å². The summed E-state index contributed by atoms with van der Waals surface area (Å²) in [5.74, 6) is -0.670. The molecular formula is C23H23FN4O2. The van der Waals surface area contributed by atoms with Gasteiger partial charge in [-0.3, -0.25) is 14.8 Å². The zero-order chi connectivity index (χ0) is 21.7. The average molecular weight is 406 g/mol. The van der Waals surface area contributed by atoms with E-state index < -0.39 is 6.10 Å². The predicted molar refractivity (Wildman–Crippen MR) is 116 cm³/mol. The minimum atomic E-state index is -0.657. The van der Waals surface area contributed by atoms with Crippen molar-refractivity contribution < 1.29 is 14.3 Å². The van der Waals surface area contributed by atoms with Crippen molar-refractivity contribution in [2.24, 2.45) is 0 Å². The maximum absolute atomic E-state index is 13.3. The van der Waals surface area contributed by atoms with Gasteiger partial charge < -0.3 is 15.7 Å². The van der Waals surface area contributed by atoms with Crippen LogP contribution < -0.4 is 10.6 Å². The van der Waals surface area contributed by atoms with E-state index in [4.69, 9.17) is 0 Å². The van der Waals surface area contributed by atoms with Crippen molar-refractivity contribution in [3.05, 3.63) is 78.5 Å². The molecule has 3 aromatic rings. The van der Waals surface area contributed by atoms with E-state index in [9.17, 15) is 14.3 Å². The highest BCUT2D eigenvalue weighted by atomic mass is 19.1. The van der Waals surface area contributed by atoms with E-state index in [0.717, 1.165) is 16.7 Å². The maximum Gasteiger partial charge on any atom is 0.255 e. The van der Waals surface area contributed by atoms with Gasteiger partial charge in [0.05, 0.1) is 23.0 Å². The van der Waals surface area contributed by atoms with Crippen LogP contribution >= 0.6 is 0 Å². The molecule has 30 heavy (non-hydrogen) atoms. The van der Waals surface area contributed by atoms with E-state index in [0.29, 0.717) is 22.6 Å². The molecule has 0 bridgehead atoms. The van der Waals surface area contributed by atoms with Crippen LogP contribution in [-0.2, 0) is 0 Å². The van der Waals surface area contributed by atoms with Gasteiger partial charge in [0, 0.05) is 41.9 Å². The summed E-state index contributed by atoms with van der Waals surface area (Å²) in [5.41, 5.74) is 4.58. The lowest BCUT2D eigenvalue weighted by molar-refractivity contribution is 0.0924. The number of nitrogens with zero attached hydrogens (tertiary/aromatic N) is 2. The van der Waals surface area contributed by atoms with Gasteiger partial charge in [0.15, 0.2) is 0 Å². The molecule has 7 heteroatoms. The number of allylic oxidation sites excluding steroid dienone is 1. The predicted octanol–water partition coefficient (Wildman–Crippen LogP) is 4.17. The third kappa shape index (κ3) is 5.07. The molecule has 2 heterocycles. The molecule has 0 unspecified atom stereocenters. The lowest BCUT2D eigenvalue weighted by Crippen LogP contribution is -2.31. The molecule has 2 aromatic heterocycles. The first-order valence-electron chi connectivity index (χ1n) is 9.44. The van der Waals surface area contributed by atoms with Crippen LogP contribution in [0.3, 0.4) is 0 Å². The number of carbonyl (C=O) groups excluding carboxylic acids is 1. The number of hydrogen-bond acceptors (Lipinski definition) is 5. The first-order chi connectivity index (χ1) is 14.3. The third-order valence-corrected chi connectivity index (χ3v) is 4.40. The van der Waals surface area contributed by atoms with Gasteiger partial charge in [0.25, 0.3) is 5.91 Å². The second kappa shape index (κ2) is 9.28. The largest absolute Gasteiger partial charge is 0.392 e. The molecule has 1 atom stereocenters. The van der Waals surface area contributed by atoms with Gasteiger partial charge >= 0.3 is 0 Å². The quantitative estimate of drug-likeness (QED) is 0.548. The highest BCUT2D eigenvalue weighted by Crippen LogP contribution is 2.30. The van der Waals surface area contributed by atoms with Crippen LogP contribution in [0, 0.1) is 5.82 Å².